The fraction of sp³-hybridized carbons (Fsp3) is 0.286. The minimum absolute atomic E-state index is 0.0150. The second kappa shape index (κ2) is 10.0. The maximum Gasteiger partial charge on any atom is 0.343 e. The van der Waals surface area contributed by atoms with Crippen molar-refractivity contribution in [3.63, 3.8) is 0 Å². The Labute approximate surface area is 174 Å². The van der Waals surface area contributed by atoms with Gasteiger partial charge >= 0.3 is 5.97 Å². The molecule has 0 aliphatic rings. The second-order valence-corrected chi connectivity index (χ2v) is 6.17. The Balaban J connectivity index is 2.29. The molecule has 2 aromatic rings. The predicted molar refractivity (Wildman–Crippen MR) is 112 cm³/mol. The molecule has 0 aliphatic heterocycles. The molecule has 9 nitrogen and oxygen atoms in total. The van der Waals surface area contributed by atoms with Crippen LogP contribution in [0.15, 0.2) is 28.8 Å². The van der Waals surface area contributed by atoms with Crippen LogP contribution in [-0.2, 0) is 11.3 Å². The average Bonchev–Trinajstić information content (AvgIpc) is 3.02. The van der Waals surface area contributed by atoms with E-state index in [1.54, 1.807) is 39.2 Å². The van der Waals surface area contributed by atoms with Crippen LogP contribution < -0.4 is 15.2 Å². The van der Waals surface area contributed by atoms with Gasteiger partial charge < -0.3 is 30.0 Å². The number of carbonyl (C=O) groups excluding carboxylic acids is 1. The Morgan fingerprint density at radius 3 is 2.63 bits per heavy atom. The molecule has 0 spiro atoms. The number of nitrogens with two attached hydrogens (primary N) is 1. The summed E-state index contributed by atoms with van der Waals surface area (Å²) in [6, 6.07) is 7.26. The lowest BCUT2D eigenvalue weighted by atomic mass is 10.1. The maximum atomic E-state index is 12.0. The van der Waals surface area contributed by atoms with Crippen LogP contribution >= 0.6 is 0 Å². The highest BCUT2D eigenvalue weighted by atomic mass is 16.5. The number of H-pyrrole nitrogens is 1. The highest BCUT2D eigenvalue weighted by Gasteiger charge is 2.21. The van der Waals surface area contributed by atoms with Gasteiger partial charge in [-0.15, -0.1) is 0 Å². The molecule has 0 unspecified atom stereocenters. The van der Waals surface area contributed by atoms with Crippen LogP contribution in [0, 0.1) is 18.3 Å². The molecule has 0 saturated heterocycles. The Kier molecular flexibility index (Phi) is 7.47. The molecular weight excluding hydrogens is 388 g/mol. The molecule has 0 saturated carbocycles. The van der Waals surface area contributed by atoms with Crippen molar-refractivity contribution < 1.29 is 24.1 Å². The number of nitriles is 1. The minimum Gasteiger partial charge on any atom is -0.505 e. The number of aryl methyl sites for hydroxylation is 1. The number of nitrogens with one attached hydrogen (secondary N) is 1. The number of aromatic hydroxyl groups is 1. The molecule has 2 rings (SSSR count). The topological polar surface area (TPSA) is 143 Å². The maximum absolute atomic E-state index is 12.0. The van der Waals surface area contributed by atoms with E-state index in [2.05, 4.69) is 9.98 Å². The zero-order chi connectivity index (χ0) is 22.3. The molecule has 1 aromatic carbocycles. The van der Waals surface area contributed by atoms with Gasteiger partial charge in [-0.2, -0.15) is 5.26 Å². The van der Waals surface area contributed by atoms with Crippen LogP contribution in [-0.4, -0.2) is 42.7 Å². The summed E-state index contributed by atoms with van der Waals surface area (Å²) in [6.45, 7) is 3.66. The summed E-state index contributed by atoms with van der Waals surface area (Å²) in [5.41, 5.74) is 7.39. The van der Waals surface area contributed by atoms with Crippen LogP contribution in [0.4, 0.5) is 0 Å². The monoisotopic (exact) mass is 412 g/mol. The second-order valence-electron chi connectivity index (χ2n) is 6.17. The highest BCUT2D eigenvalue weighted by molar-refractivity contribution is 6.05. The number of amidine groups is 1. The number of aromatic nitrogens is 1. The molecular formula is C21H24N4O5. The number of aliphatic imine (C=N–C) groups is 1. The normalized spacial score (nSPS) is 11.7. The summed E-state index contributed by atoms with van der Waals surface area (Å²) in [7, 11) is 3.08. The van der Waals surface area contributed by atoms with E-state index in [4.69, 9.17) is 19.9 Å². The first-order chi connectivity index (χ1) is 14.4. The molecule has 0 aliphatic carbocycles. The number of nitrogens with zero attached hydrogens (tertiary/aromatic N) is 2. The molecule has 30 heavy (non-hydrogen) atoms. The number of hydrogen-bond donors (Lipinski definition) is 3. The van der Waals surface area contributed by atoms with Gasteiger partial charge in [0.25, 0.3) is 0 Å². The zero-order valence-electron chi connectivity index (χ0n) is 17.3. The molecule has 0 amide bonds. The first-order valence-corrected chi connectivity index (χ1v) is 9.07. The van der Waals surface area contributed by atoms with Crippen molar-refractivity contribution >= 4 is 17.9 Å². The van der Waals surface area contributed by atoms with Crippen molar-refractivity contribution in [2.45, 2.75) is 20.4 Å². The highest BCUT2D eigenvalue weighted by Crippen LogP contribution is 2.29. The van der Waals surface area contributed by atoms with Crippen molar-refractivity contribution in [2.75, 3.05) is 20.8 Å². The van der Waals surface area contributed by atoms with Gasteiger partial charge in [0.2, 0.25) is 0 Å². The molecule has 1 heterocycles. The van der Waals surface area contributed by atoms with E-state index in [9.17, 15) is 15.2 Å². The molecule has 0 radical (unpaired) electrons. The number of esters is 1. The lowest BCUT2D eigenvalue weighted by Gasteiger charge is -2.08. The smallest absolute Gasteiger partial charge is 0.343 e. The van der Waals surface area contributed by atoms with Gasteiger partial charge in [0.1, 0.15) is 17.5 Å². The van der Waals surface area contributed by atoms with Gasteiger partial charge in [-0.1, -0.05) is 6.07 Å². The summed E-state index contributed by atoms with van der Waals surface area (Å²) in [5.74, 6) is 0.156. The number of benzene rings is 1. The third kappa shape index (κ3) is 4.91. The van der Waals surface area contributed by atoms with E-state index in [0.29, 0.717) is 17.2 Å². The largest absolute Gasteiger partial charge is 0.505 e. The van der Waals surface area contributed by atoms with Crippen molar-refractivity contribution in [2.24, 2.45) is 10.7 Å². The summed E-state index contributed by atoms with van der Waals surface area (Å²) in [6.07, 6.45) is 1.33. The number of rotatable bonds is 8. The van der Waals surface area contributed by atoms with Crippen molar-refractivity contribution in [3.05, 3.63) is 46.3 Å². The van der Waals surface area contributed by atoms with Crippen LogP contribution in [0.1, 0.15) is 34.2 Å². The first kappa shape index (κ1) is 22.4. The van der Waals surface area contributed by atoms with E-state index < -0.39 is 5.97 Å². The third-order valence-electron chi connectivity index (χ3n) is 4.23. The third-order valence-corrected chi connectivity index (χ3v) is 4.23. The summed E-state index contributed by atoms with van der Waals surface area (Å²) < 4.78 is 15.4. The molecule has 158 valence electrons. The van der Waals surface area contributed by atoms with E-state index in [1.165, 1.54) is 13.2 Å². The van der Waals surface area contributed by atoms with Crippen molar-refractivity contribution in [3.8, 4) is 23.3 Å². The number of hydrogen-bond acceptors (Lipinski definition) is 7. The summed E-state index contributed by atoms with van der Waals surface area (Å²) in [5, 5.41) is 19.8. The van der Waals surface area contributed by atoms with E-state index in [-0.39, 0.29) is 41.6 Å². The van der Waals surface area contributed by atoms with E-state index >= 15 is 0 Å². The SMILES string of the molecule is CCOC(=O)c1c(C)[nH]c(/C=C(\C#N)C(N)=NCc2ccc(OC)c(OC)c2)c1O. The van der Waals surface area contributed by atoms with Crippen LogP contribution in [0.25, 0.3) is 6.08 Å². The Morgan fingerprint density at radius 1 is 1.33 bits per heavy atom. The Morgan fingerprint density at radius 2 is 2.03 bits per heavy atom. The summed E-state index contributed by atoms with van der Waals surface area (Å²) in [4.78, 5) is 19.1. The zero-order valence-corrected chi connectivity index (χ0v) is 17.3. The van der Waals surface area contributed by atoms with E-state index in [1.807, 2.05) is 6.07 Å². The molecule has 0 atom stereocenters. The molecule has 1 aromatic heterocycles. The first-order valence-electron chi connectivity index (χ1n) is 9.07. The Hall–Kier alpha value is -3.93. The number of methoxy groups -OCH3 is 2. The lowest BCUT2D eigenvalue weighted by Crippen LogP contribution is -2.14. The predicted octanol–water partition coefficient (Wildman–Crippen LogP) is 2.69. The van der Waals surface area contributed by atoms with Gasteiger partial charge in [0.15, 0.2) is 17.2 Å². The van der Waals surface area contributed by atoms with Gasteiger partial charge in [0, 0.05) is 5.69 Å². The Bertz CT molecular complexity index is 1030. The van der Waals surface area contributed by atoms with Crippen LogP contribution in [0.2, 0.25) is 0 Å². The standard InChI is InChI=1S/C21H24N4O5/c1-5-30-21(27)18-12(2)25-15(19(18)26)9-14(10-22)20(23)24-11-13-6-7-16(28-3)17(8-13)29-4/h6-9,25-26H,5,11H2,1-4H3,(H2,23,24)/b14-9+. The minimum atomic E-state index is -0.656. The van der Waals surface area contributed by atoms with Crippen LogP contribution in [0.5, 0.6) is 17.2 Å². The summed E-state index contributed by atoms with van der Waals surface area (Å²) >= 11 is 0. The van der Waals surface area contributed by atoms with Gasteiger partial charge in [0.05, 0.1) is 38.6 Å². The lowest BCUT2D eigenvalue weighted by molar-refractivity contribution is 0.0522. The number of aromatic amines is 1. The van der Waals surface area contributed by atoms with Gasteiger partial charge in [-0.25, -0.2) is 4.79 Å². The number of carbonyl (C=O) groups is 1. The van der Waals surface area contributed by atoms with Crippen molar-refractivity contribution in [1.82, 2.24) is 4.98 Å². The average molecular weight is 412 g/mol. The molecule has 0 bridgehead atoms. The number of ether oxygens (including phenoxy) is 3. The van der Waals surface area contributed by atoms with Gasteiger partial charge in [-0.05, 0) is 37.6 Å². The fourth-order valence-corrected chi connectivity index (χ4v) is 2.74. The van der Waals surface area contributed by atoms with Crippen molar-refractivity contribution in [1.29, 1.82) is 5.26 Å². The van der Waals surface area contributed by atoms with E-state index in [0.717, 1.165) is 5.56 Å². The molecule has 0 fully saturated rings. The fourth-order valence-electron chi connectivity index (χ4n) is 2.74. The quantitative estimate of drug-likeness (QED) is 0.262. The molecule has 9 heteroatoms. The molecule has 4 N–H and O–H groups in total. The van der Waals surface area contributed by atoms with Gasteiger partial charge in [-0.3, -0.25) is 4.99 Å². The van der Waals surface area contributed by atoms with Crippen LogP contribution in [0.3, 0.4) is 0 Å².